The van der Waals surface area contributed by atoms with Gasteiger partial charge in [0.25, 0.3) is 5.92 Å². The Labute approximate surface area is 189 Å². The van der Waals surface area contributed by atoms with Crippen LogP contribution in [0.5, 0.6) is 0 Å². The first-order chi connectivity index (χ1) is 15.3. The molecular weight excluding hydrogens is 447 g/mol. The van der Waals surface area contributed by atoms with Gasteiger partial charge in [0.15, 0.2) is 0 Å². The number of nitrogens with one attached hydrogen (secondary N) is 2. The van der Waals surface area contributed by atoms with Crippen molar-refractivity contribution in [3.63, 3.8) is 0 Å². The zero-order valence-electron chi connectivity index (χ0n) is 19.1. The molecule has 0 radical (unpaired) electrons. The van der Waals surface area contributed by atoms with Gasteiger partial charge in [-0.05, 0) is 32.0 Å². The molecule has 0 fully saturated rings. The highest BCUT2D eigenvalue weighted by Crippen LogP contribution is 2.40. The number of nitrogens with zero attached hydrogens (tertiary/aromatic N) is 2. The maximum Gasteiger partial charge on any atom is 0.416 e. The van der Waals surface area contributed by atoms with Crippen molar-refractivity contribution in [3.05, 3.63) is 35.2 Å². The van der Waals surface area contributed by atoms with Crippen LogP contribution in [0.3, 0.4) is 0 Å². The Hall–Kier alpha value is -2.40. The quantitative estimate of drug-likeness (QED) is 0.330. The predicted octanol–water partition coefficient (Wildman–Crippen LogP) is 5.04. The molecule has 2 rings (SSSR count). The minimum atomic E-state index is -4.82. The highest BCUT2D eigenvalue weighted by atomic mass is 19.4. The van der Waals surface area contributed by atoms with E-state index < -0.39 is 35.2 Å². The molecule has 0 aliphatic rings. The van der Waals surface area contributed by atoms with Crippen LogP contribution in [0.25, 0.3) is 11.5 Å². The predicted molar refractivity (Wildman–Crippen MR) is 113 cm³/mol. The molecule has 0 bridgehead atoms. The summed E-state index contributed by atoms with van der Waals surface area (Å²) in [5, 5.41) is 13.8. The standard InChI is InChI=1S/C22H29F5N4O2/c1-5-7-21(23,24)15-10-14(11-16(12-15)22(25,26)27)18-30-31-19(33-18)20(3,4)29-9-8-28-13-17(32)6-2/h10-12,28-29H,5-9,13H2,1-4H3. The van der Waals surface area contributed by atoms with Crippen molar-refractivity contribution >= 4 is 5.78 Å². The van der Waals surface area contributed by atoms with Crippen molar-refractivity contribution in [2.24, 2.45) is 0 Å². The van der Waals surface area contributed by atoms with Gasteiger partial charge in [0.2, 0.25) is 11.8 Å². The van der Waals surface area contributed by atoms with E-state index in [1.54, 1.807) is 20.8 Å². The lowest BCUT2D eigenvalue weighted by atomic mass is 9.98. The van der Waals surface area contributed by atoms with Crippen LogP contribution < -0.4 is 10.6 Å². The Bertz CT molecular complexity index is 941. The highest BCUT2D eigenvalue weighted by molar-refractivity contribution is 5.80. The fourth-order valence-electron chi connectivity index (χ4n) is 3.07. The molecule has 2 N–H and O–H groups in total. The van der Waals surface area contributed by atoms with Gasteiger partial charge in [0, 0.05) is 37.1 Å². The number of aromatic nitrogens is 2. The molecule has 0 aliphatic heterocycles. The van der Waals surface area contributed by atoms with E-state index in [0.717, 1.165) is 12.1 Å². The Kier molecular flexibility index (Phi) is 8.69. The number of hydrogen-bond acceptors (Lipinski definition) is 6. The van der Waals surface area contributed by atoms with Crippen LogP contribution >= 0.6 is 0 Å². The highest BCUT2D eigenvalue weighted by Gasteiger charge is 2.37. The summed E-state index contributed by atoms with van der Waals surface area (Å²) in [4.78, 5) is 11.3. The van der Waals surface area contributed by atoms with Crippen LogP contribution in [-0.4, -0.2) is 35.6 Å². The molecule has 184 valence electrons. The van der Waals surface area contributed by atoms with Crippen molar-refractivity contribution in [3.8, 4) is 11.5 Å². The summed E-state index contributed by atoms with van der Waals surface area (Å²) < 4.78 is 74.5. The SMILES string of the molecule is CCCC(F)(F)c1cc(-c2nnc(C(C)(C)NCCNCC(=O)CC)o2)cc(C(F)(F)F)c1. The lowest BCUT2D eigenvalue weighted by Gasteiger charge is -2.22. The smallest absolute Gasteiger partial charge is 0.416 e. The van der Waals surface area contributed by atoms with E-state index in [1.165, 1.54) is 6.92 Å². The van der Waals surface area contributed by atoms with Crippen LogP contribution in [0.2, 0.25) is 0 Å². The molecule has 0 spiro atoms. The molecular formula is C22H29F5N4O2. The Morgan fingerprint density at radius 1 is 1.00 bits per heavy atom. The zero-order chi connectivity index (χ0) is 24.9. The van der Waals surface area contributed by atoms with E-state index in [1.807, 2.05) is 0 Å². The van der Waals surface area contributed by atoms with Crippen molar-refractivity contribution in [2.75, 3.05) is 19.6 Å². The van der Waals surface area contributed by atoms with Crippen molar-refractivity contribution < 1.29 is 31.2 Å². The number of hydrogen-bond donors (Lipinski definition) is 2. The number of benzene rings is 1. The lowest BCUT2D eigenvalue weighted by molar-refractivity contribution is -0.137. The van der Waals surface area contributed by atoms with Gasteiger partial charge in [-0.15, -0.1) is 10.2 Å². The number of alkyl halides is 5. The van der Waals surface area contributed by atoms with Crippen molar-refractivity contribution in [1.29, 1.82) is 0 Å². The molecule has 1 aromatic heterocycles. The molecule has 2 aromatic rings. The summed E-state index contributed by atoms with van der Waals surface area (Å²) in [6.45, 7) is 7.95. The number of ketones is 1. The average molecular weight is 476 g/mol. The molecule has 0 amide bonds. The van der Waals surface area contributed by atoms with Crippen LogP contribution in [0.15, 0.2) is 22.6 Å². The van der Waals surface area contributed by atoms with E-state index in [9.17, 15) is 26.7 Å². The minimum absolute atomic E-state index is 0.0841. The molecule has 6 nitrogen and oxygen atoms in total. The first-order valence-corrected chi connectivity index (χ1v) is 10.7. The lowest BCUT2D eigenvalue weighted by Crippen LogP contribution is -2.41. The maximum absolute atomic E-state index is 14.4. The Morgan fingerprint density at radius 2 is 1.67 bits per heavy atom. The first kappa shape index (κ1) is 26.8. The molecule has 0 saturated heterocycles. The summed E-state index contributed by atoms with van der Waals surface area (Å²) in [5.74, 6) is -3.55. The van der Waals surface area contributed by atoms with E-state index in [4.69, 9.17) is 4.42 Å². The summed E-state index contributed by atoms with van der Waals surface area (Å²) in [5.41, 5.74) is -3.04. The van der Waals surface area contributed by atoms with Crippen LogP contribution in [0.4, 0.5) is 22.0 Å². The van der Waals surface area contributed by atoms with Gasteiger partial charge in [0.1, 0.15) is 5.78 Å². The third-order valence-corrected chi connectivity index (χ3v) is 5.04. The Balaban J connectivity index is 2.25. The third-order valence-electron chi connectivity index (χ3n) is 5.04. The summed E-state index contributed by atoms with van der Waals surface area (Å²) in [7, 11) is 0. The van der Waals surface area contributed by atoms with Crippen molar-refractivity contribution in [1.82, 2.24) is 20.8 Å². The van der Waals surface area contributed by atoms with Crippen LogP contribution in [0, 0.1) is 0 Å². The largest absolute Gasteiger partial charge is 0.419 e. The van der Waals surface area contributed by atoms with Gasteiger partial charge in [0.05, 0.1) is 17.6 Å². The summed E-state index contributed by atoms with van der Waals surface area (Å²) in [6.07, 6.45) is -4.86. The number of rotatable bonds is 12. The number of halogens is 5. The van der Waals surface area contributed by atoms with E-state index >= 15 is 0 Å². The topological polar surface area (TPSA) is 80.0 Å². The molecule has 1 heterocycles. The van der Waals surface area contributed by atoms with Gasteiger partial charge < -0.3 is 15.1 Å². The molecule has 0 unspecified atom stereocenters. The van der Waals surface area contributed by atoms with Gasteiger partial charge in [-0.25, -0.2) is 8.78 Å². The second-order valence-corrected chi connectivity index (χ2v) is 8.28. The summed E-state index contributed by atoms with van der Waals surface area (Å²) in [6, 6.07) is 2.13. The first-order valence-electron chi connectivity index (χ1n) is 10.7. The molecule has 1 aromatic carbocycles. The molecule has 11 heteroatoms. The molecule has 0 aliphatic carbocycles. The normalized spacial score (nSPS) is 12.9. The van der Waals surface area contributed by atoms with Gasteiger partial charge in [-0.3, -0.25) is 4.79 Å². The second-order valence-electron chi connectivity index (χ2n) is 8.28. The number of carbonyl (C=O) groups excluding carboxylic acids is 1. The minimum Gasteiger partial charge on any atom is -0.419 e. The molecule has 0 atom stereocenters. The average Bonchev–Trinajstić information content (AvgIpc) is 3.23. The fourth-order valence-corrected chi connectivity index (χ4v) is 3.07. The third kappa shape index (κ3) is 7.29. The molecule has 0 saturated carbocycles. The summed E-state index contributed by atoms with van der Waals surface area (Å²) >= 11 is 0. The number of Topliss-reactive ketones (excluding diaryl/α,β-unsaturated/α-hetero) is 1. The fraction of sp³-hybridized carbons (Fsp3) is 0.591. The number of carbonyl (C=O) groups is 1. The zero-order valence-corrected chi connectivity index (χ0v) is 19.1. The van der Waals surface area contributed by atoms with Crippen molar-refractivity contribution in [2.45, 2.75) is 64.6 Å². The molecule has 33 heavy (non-hydrogen) atoms. The van der Waals surface area contributed by atoms with E-state index in [2.05, 4.69) is 20.8 Å². The van der Waals surface area contributed by atoms with Crippen LogP contribution in [-0.2, 0) is 22.4 Å². The van der Waals surface area contributed by atoms with Crippen LogP contribution in [0.1, 0.15) is 64.0 Å². The Morgan fingerprint density at radius 3 is 2.27 bits per heavy atom. The van der Waals surface area contributed by atoms with Gasteiger partial charge >= 0.3 is 6.18 Å². The maximum atomic E-state index is 14.4. The monoisotopic (exact) mass is 476 g/mol. The van der Waals surface area contributed by atoms with E-state index in [-0.39, 0.29) is 36.1 Å². The van der Waals surface area contributed by atoms with Gasteiger partial charge in [-0.1, -0.05) is 20.3 Å². The second kappa shape index (κ2) is 10.7. The van der Waals surface area contributed by atoms with Gasteiger partial charge in [-0.2, -0.15) is 13.2 Å². The van der Waals surface area contributed by atoms with E-state index in [0.29, 0.717) is 25.6 Å².